The van der Waals surface area contributed by atoms with Gasteiger partial charge in [0.05, 0.1) is 12.1 Å². The summed E-state index contributed by atoms with van der Waals surface area (Å²) in [5, 5.41) is 9.07. The van der Waals surface area contributed by atoms with Gasteiger partial charge >= 0.3 is 11.7 Å². The highest BCUT2D eigenvalue weighted by molar-refractivity contribution is 5.89. The van der Waals surface area contributed by atoms with Crippen LogP contribution in [0.1, 0.15) is 22.8 Å². The van der Waals surface area contributed by atoms with E-state index in [0.717, 1.165) is 0 Å². The van der Waals surface area contributed by atoms with Gasteiger partial charge in [-0.1, -0.05) is 18.2 Å². The van der Waals surface area contributed by atoms with E-state index in [1.807, 2.05) is 6.92 Å². The van der Waals surface area contributed by atoms with Crippen molar-refractivity contribution in [2.75, 3.05) is 0 Å². The average Bonchev–Trinajstić information content (AvgIpc) is 2.71. The highest BCUT2D eigenvalue weighted by Gasteiger charge is 2.10. The Morgan fingerprint density at radius 2 is 1.89 bits per heavy atom. The molecule has 0 aliphatic heterocycles. The minimum Gasteiger partial charge on any atom is -0.478 e. The number of carbonyl (C=O) groups is 1. The Morgan fingerprint density at radius 3 is 2.50 bits per heavy atom. The molecule has 0 aliphatic carbocycles. The summed E-state index contributed by atoms with van der Waals surface area (Å²) >= 11 is 0. The standard InChI is InChI=1S/C13H14N2O3/c1-2-14-7-8-15(13(14)18)9-10-5-3-4-6-11(10)12(16)17/h3-8H,2,9H2,1H3,(H,16,17). The normalized spacial score (nSPS) is 10.5. The van der Waals surface area contributed by atoms with Crippen molar-refractivity contribution in [3.8, 4) is 0 Å². The fourth-order valence-corrected chi connectivity index (χ4v) is 1.86. The molecule has 0 spiro atoms. The molecule has 2 rings (SSSR count). The van der Waals surface area contributed by atoms with Crippen LogP contribution in [-0.2, 0) is 13.1 Å². The second-order valence-corrected chi connectivity index (χ2v) is 3.96. The summed E-state index contributed by atoms with van der Waals surface area (Å²) in [6, 6.07) is 6.70. The summed E-state index contributed by atoms with van der Waals surface area (Å²) in [6.07, 6.45) is 3.37. The third-order valence-corrected chi connectivity index (χ3v) is 2.85. The number of aryl methyl sites for hydroxylation is 1. The number of benzene rings is 1. The van der Waals surface area contributed by atoms with Crippen LogP contribution in [0.5, 0.6) is 0 Å². The van der Waals surface area contributed by atoms with Crippen molar-refractivity contribution in [1.29, 1.82) is 0 Å². The Bertz CT molecular complexity index is 625. The molecule has 1 aromatic heterocycles. The Kier molecular flexibility index (Phi) is 3.32. The molecule has 5 nitrogen and oxygen atoms in total. The average molecular weight is 246 g/mol. The lowest BCUT2D eigenvalue weighted by molar-refractivity contribution is 0.0695. The lowest BCUT2D eigenvalue weighted by atomic mass is 10.1. The second-order valence-electron chi connectivity index (χ2n) is 3.96. The van der Waals surface area contributed by atoms with Crippen molar-refractivity contribution in [2.45, 2.75) is 20.0 Å². The molecule has 0 saturated heterocycles. The van der Waals surface area contributed by atoms with E-state index in [9.17, 15) is 9.59 Å². The van der Waals surface area contributed by atoms with Crippen LogP contribution in [0.3, 0.4) is 0 Å². The highest BCUT2D eigenvalue weighted by Crippen LogP contribution is 2.09. The maximum Gasteiger partial charge on any atom is 0.336 e. The molecule has 0 atom stereocenters. The van der Waals surface area contributed by atoms with Gasteiger partial charge in [0.2, 0.25) is 0 Å². The number of nitrogens with zero attached hydrogens (tertiary/aromatic N) is 2. The first-order chi connectivity index (χ1) is 8.63. The number of carboxylic acid groups (broad SMARTS) is 1. The van der Waals surface area contributed by atoms with E-state index in [1.54, 1.807) is 41.2 Å². The largest absolute Gasteiger partial charge is 0.478 e. The number of aromatic carboxylic acids is 1. The van der Waals surface area contributed by atoms with Gasteiger partial charge < -0.3 is 5.11 Å². The van der Waals surface area contributed by atoms with Gasteiger partial charge in [-0.05, 0) is 18.6 Å². The van der Waals surface area contributed by atoms with Gasteiger partial charge in [0.25, 0.3) is 0 Å². The molecule has 0 aliphatic rings. The molecule has 5 heteroatoms. The number of hydrogen-bond donors (Lipinski definition) is 1. The van der Waals surface area contributed by atoms with Crippen LogP contribution in [0.15, 0.2) is 41.5 Å². The molecular formula is C13H14N2O3. The molecule has 0 unspecified atom stereocenters. The SMILES string of the molecule is CCn1ccn(Cc2ccccc2C(=O)O)c1=O. The Balaban J connectivity index is 2.37. The van der Waals surface area contributed by atoms with Crippen LogP contribution < -0.4 is 5.69 Å². The molecule has 0 fully saturated rings. The Morgan fingerprint density at radius 1 is 1.22 bits per heavy atom. The molecule has 0 bridgehead atoms. The quantitative estimate of drug-likeness (QED) is 0.887. The summed E-state index contributed by atoms with van der Waals surface area (Å²) < 4.78 is 3.08. The van der Waals surface area contributed by atoms with Gasteiger partial charge in [-0.15, -0.1) is 0 Å². The molecule has 2 aromatic rings. The third kappa shape index (κ3) is 2.20. The number of carboxylic acids is 1. The van der Waals surface area contributed by atoms with E-state index in [2.05, 4.69) is 0 Å². The van der Waals surface area contributed by atoms with Crippen molar-refractivity contribution in [3.63, 3.8) is 0 Å². The first-order valence-corrected chi connectivity index (χ1v) is 5.70. The molecule has 18 heavy (non-hydrogen) atoms. The van der Waals surface area contributed by atoms with Gasteiger partial charge in [-0.2, -0.15) is 0 Å². The molecule has 1 N–H and O–H groups in total. The molecule has 0 saturated carbocycles. The molecule has 1 heterocycles. The molecule has 1 aromatic carbocycles. The van der Waals surface area contributed by atoms with Gasteiger partial charge in [0.1, 0.15) is 0 Å². The zero-order valence-corrected chi connectivity index (χ0v) is 10.0. The van der Waals surface area contributed by atoms with Crippen molar-refractivity contribution in [2.24, 2.45) is 0 Å². The summed E-state index contributed by atoms with van der Waals surface area (Å²) in [5.74, 6) is -0.978. The van der Waals surface area contributed by atoms with Crippen LogP contribution in [0.2, 0.25) is 0 Å². The molecular weight excluding hydrogens is 232 g/mol. The maximum atomic E-state index is 11.9. The lowest BCUT2D eigenvalue weighted by Crippen LogP contribution is -2.24. The number of imidazole rings is 1. The van der Waals surface area contributed by atoms with Crippen molar-refractivity contribution >= 4 is 5.97 Å². The first kappa shape index (κ1) is 12.2. The third-order valence-electron chi connectivity index (χ3n) is 2.85. The second kappa shape index (κ2) is 4.91. The van der Waals surface area contributed by atoms with Crippen LogP contribution in [0.4, 0.5) is 0 Å². The zero-order valence-electron chi connectivity index (χ0n) is 10.0. The summed E-state index contributed by atoms with van der Waals surface area (Å²) in [4.78, 5) is 22.9. The summed E-state index contributed by atoms with van der Waals surface area (Å²) in [6.45, 7) is 2.76. The van der Waals surface area contributed by atoms with Gasteiger partial charge in [0, 0.05) is 18.9 Å². The van der Waals surface area contributed by atoms with Gasteiger partial charge in [0.15, 0.2) is 0 Å². The highest BCUT2D eigenvalue weighted by atomic mass is 16.4. The lowest BCUT2D eigenvalue weighted by Gasteiger charge is -2.05. The van der Waals surface area contributed by atoms with E-state index in [4.69, 9.17) is 5.11 Å². The topological polar surface area (TPSA) is 64.2 Å². The summed E-state index contributed by atoms with van der Waals surface area (Å²) in [5.41, 5.74) is 0.729. The van der Waals surface area contributed by atoms with Crippen molar-refractivity contribution < 1.29 is 9.90 Å². The van der Waals surface area contributed by atoms with Crippen molar-refractivity contribution in [3.05, 3.63) is 58.3 Å². The van der Waals surface area contributed by atoms with Crippen LogP contribution >= 0.6 is 0 Å². The minimum absolute atomic E-state index is 0.127. The monoisotopic (exact) mass is 246 g/mol. The fourth-order valence-electron chi connectivity index (χ4n) is 1.86. The van der Waals surface area contributed by atoms with Gasteiger partial charge in [-0.3, -0.25) is 9.13 Å². The predicted molar refractivity (Wildman–Crippen MR) is 66.9 cm³/mol. The van der Waals surface area contributed by atoms with E-state index in [1.165, 1.54) is 4.57 Å². The van der Waals surface area contributed by atoms with Gasteiger partial charge in [-0.25, -0.2) is 9.59 Å². The maximum absolute atomic E-state index is 11.9. The molecule has 0 radical (unpaired) electrons. The van der Waals surface area contributed by atoms with E-state index in [-0.39, 0.29) is 17.8 Å². The first-order valence-electron chi connectivity index (χ1n) is 5.70. The Labute approximate surface area is 104 Å². The smallest absolute Gasteiger partial charge is 0.336 e. The number of hydrogen-bond acceptors (Lipinski definition) is 2. The fraction of sp³-hybridized carbons (Fsp3) is 0.231. The predicted octanol–water partition coefficient (Wildman–Crippen LogP) is 1.42. The van der Waals surface area contributed by atoms with Crippen LogP contribution in [0.25, 0.3) is 0 Å². The zero-order chi connectivity index (χ0) is 13.1. The van der Waals surface area contributed by atoms with Crippen LogP contribution in [0, 0.1) is 0 Å². The van der Waals surface area contributed by atoms with E-state index < -0.39 is 5.97 Å². The van der Waals surface area contributed by atoms with Crippen molar-refractivity contribution in [1.82, 2.24) is 9.13 Å². The Hall–Kier alpha value is -2.30. The van der Waals surface area contributed by atoms with Crippen LogP contribution in [-0.4, -0.2) is 20.2 Å². The summed E-state index contributed by atoms with van der Waals surface area (Å²) in [7, 11) is 0. The van der Waals surface area contributed by atoms with E-state index >= 15 is 0 Å². The number of aromatic nitrogens is 2. The minimum atomic E-state index is -0.978. The van der Waals surface area contributed by atoms with E-state index in [0.29, 0.717) is 12.1 Å². The number of rotatable bonds is 4. The molecule has 94 valence electrons. The molecule has 0 amide bonds.